The van der Waals surface area contributed by atoms with Crippen LogP contribution in [0, 0.1) is 12.7 Å². The molecule has 1 aromatic rings. The Morgan fingerprint density at radius 3 is 2.44 bits per heavy atom. The molecule has 1 atom stereocenters. The molecule has 2 nitrogen and oxygen atoms in total. The van der Waals surface area contributed by atoms with E-state index in [9.17, 15) is 17.6 Å². The Bertz CT molecular complexity index is 362. The molecule has 0 saturated heterocycles. The normalized spacial score (nSPS) is 13.9. The molecule has 0 spiro atoms. The second-order valence-electron chi connectivity index (χ2n) is 3.55. The maximum absolute atomic E-state index is 13.2. The summed E-state index contributed by atoms with van der Waals surface area (Å²) in [4.78, 5) is 0. The highest BCUT2D eigenvalue weighted by molar-refractivity contribution is 5.25. The molecule has 1 unspecified atom stereocenters. The van der Waals surface area contributed by atoms with E-state index in [0.29, 0.717) is 5.56 Å². The van der Waals surface area contributed by atoms with Gasteiger partial charge in [0.25, 0.3) is 0 Å². The molecule has 0 aliphatic heterocycles. The molecule has 0 radical (unpaired) electrons. The van der Waals surface area contributed by atoms with E-state index in [1.807, 2.05) is 5.43 Å². The van der Waals surface area contributed by atoms with Gasteiger partial charge in [-0.2, -0.15) is 13.2 Å². The summed E-state index contributed by atoms with van der Waals surface area (Å²) in [5.74, 6) is 4.49. The number of halogens is 4. The van der Waals surface area contributed by atoms with Crippen molar-refractivity contribution in [2.45, 2.75) is 25.6 Å². The highest BCUT2D eigenvalue weighted by atomic mass is 19.4. The molecule has 0 aromatic heterocycles. The molecule has 1 rings (SSSR count). The van der Waals surface area contributed by atoms with Crippen LogP contribution in [0.25, 0.3) is 0 Å². The van der Waals surface area contributed by atoms with Gasteiger partial charge in [-0.25, -0.2) is 4.39 Å². The minimum atomic E-state index is -4.35. The van der Waals surface area contributed by atoms with Crippen molar-refractivity contribution < 1.29 is 17.6 Å². The SMILES string of the molecule is Cc1ccc(C(CC(F)(F)F)NN)cc1F. The molecule has 16 heavy (non-hydrogen) atoms. The predicted octanol–water partition coefficient (Wildman–Crippen LogP) is 2.59. The molecule has 3 N–H and O–H groups in total. The van der Waals surface area contributed by atoms with Gasteiger partial charge in [0.2, 0.25) is 0 Å². The highest BCUT2D eigenvalue weighted by Gasteiger charge is 2.32. The number of nitrogens with one attached hydrogen (secondary N) is 1. The molecular formula is C10H12F4N2. The van der Waals surface area contributed by atoms with Crippen LogP contribution >= 0.6 is 0 Å². The molecule has 90 valence electrons. The zero-order chi connectivity index (χ0) is 12.3. The van der Waals surface area contributed by atoms with Crippen molar-refractivity contribution in [3.63, 3.8) is 0 Å². The maximum atomic E-state index is 13.2. The second kappa shape index (κ2) is 4.80. The summed E-state index contributed by atoms with van der Waals surface area (Å²) in [5, 5.41) is 0. The van der Waals surface area contributed by atoms with E-state index >= 15 is 0 Å². The van der Waals surface area contributed by atoms with Crippen molar-refractivity contribution in [2.24, 2.45) is 5.84 Å². The highest BCUT2D eigenvalue weighted by Crippen LogP contribution is 2.29. The minimum Gasteiger partial charge on any atom is -0.271 e. The van der Waals surface area contributed by atoms with E-state index in [-0.39, 0.29) is 5.56 Å². The Balaban J connectivity index is 2.91. The van der Waals surface area contributed by atoms with Gasteiger partial charge in [0, 0.05) is 0 Å². The van der Waals surface area contributed by atoms with E-state index in [0.717, 1.165) is 6.07 Å². The summed E-state index contributed by atoms with van der Waals surface area (Å²) in [6.07, 6.45) is -5.48. The molecule has 1 aromatic carbocycles. The number of rotatable bonds is 3. The molecule has 0 heterocycles. The van der Waals surface area contributed by atoms with E-state index < -0.39 is 24.5 Å². The van der Waals surface area contributed by atoms with Crippen LogP contribution in [-0.2, 0) is 0 Å². The first-order valence-corrected chi connectivity index (χ1v) is 4.62. The first-order chi connectivity index (χ1) is 7.33. The van der Waals surface area contributed by atoms with Gasteiger partial charge >= 0.3 is 6.18 Å². The fraction of sp³-hybridized carbons (Fsp3) is 0.400. The Kier molecular flexibility index (Phi) is 3.88. The zero-order valence-electron chi connectivity index (χ0n) is 8.61. The van der Waals surface area contributed by atoms with Gasteiger partial charge < -0.3 is 0 Å². The van der Waals surface area contributed by atoms with Crippen LogP contribution in [0.1, 0.15) is 23.6 Å². The number of hydrogen-bond donors (Lipinski definition) is 2. The first kappa shape index (κ1) is 12.9. The molecule has 0 fully saturated rings. The molecule has 0 amide bonds. The topological polar surface area (TPSA) is 38.0 Å². The van der Waals surface area contributed by atoms with Crippen molar-refractivity contribution in [1.29, 1.82) is 0 Å². The number of nitrogens with two attached hydrogens (primary N) is 1. The van der Waals surface area contributed by atoms with Crippen LogP contribution in [0.4, 0.5) is 17.6 Å². The van der Waals surface area contributed by atoms with Gasteiger partial charge in [0.1, 0.15) is 5.82 Å². The maximum Gasteiger partial charge on any atom is 0.390 e. The van der Waals surface area contributed by atoms with Crippen molar-refractivity contribution in [3.05, 3.63) is 35.1 Å². The molecule has 6 heteroatoms. The smallest absolute Gasteiger partial charge is 0.271 e. The summed E-state index contributed by atoms with van der Waals surface area (Å²) < 4.78 is 49.7. The van der Waals surface area contributed by atoms with E-state index in [2.05, 4.69) is 0 Å². The lowest BCUT2D eigenvalue weighted by Gasteiger charge is -2.18. The van der Waals surface area contributed by atoms with Crippen molar-refractivity contribution in [2.75, 3.05) is 0 Å². The third-order valence-electron chi connectivity index (χ3n) is 2.24. The summed E-state index contributed by atoms with van der Waals surface area (Å²) >= 11 is 0. The van der Waals surface area contributed by atoms with E-state index in [1.165, 1.54) is 19.1 Å². The zero-order valence-corrected chi connectivity index (χ0v) is 8.61. The minimum absolute atomic E-state index is 0.183. The van der Waals surface area contributed by atoms with Crippen LogP contribution in [0.5, 0.6) is 0 Å². The summed E-state index contributed by atoms with van der Waals surface area (Å²) in [7, 11) is 0. The lowest BCUT2D eigenvalue weighted by atomic mass is 10.0. The quantitative estimate of drug-likeness (QED) is 0.481. The van der Waals surface area contributed by atoms with Crippen LogP contribution < -0.4 is 11.3 Å². The van der Waals surface area contributed by atoms with E-state index in [4.69, 9.17) is 5.84 Å². The van der Waals surface area contributed by atoms with Gasteiger partial charge in [-0.1, -0.05) is 12.1 Å². The van der Waals surface area contributed by atoms with Gasteiger partial charge in [-0.3, -0.25) is 11.3 Å². The molecule has 0 saturated carbocycles. The largest absolute Gasteiger partial charge is 0.390 e. The number of hydrogen-bond acceptors (Lipinski definition) is 2. The molecular weight excluding hydrogens is 224 g/mol. The van der Waals surface area contributed by atoms with Crippen LogP contribution in [0.15, 0.2) is 18.2 Å². The number of hydrazine groups is 1. The van der Waals surface area contributed by atoms with Crippen LogP contribution in [-0.4, -0.2) is 6.18 Å². The lowest BCUT2D eigenvalue weighted by molar-refractivity contribution is -0.140. The van der Waals surface area contributed by atoms with Gasteiger partial charge in [-0.05, 0) is 24.1 Å². The van der Waals surface area contributed by atoms with Crippen molar-refractivity contribution in [3.8, 4) is 0 Å². The Morgan fingerprint density at radius 1 is 1.38 bits per heavy atom. The standard InChI is InChI=1S/C10H12F4N2/c1-6-2-3-7(4-8(6)11)9(16-15)5-10(12,13)14/h2-4,9,16H,5,15H2,1H3. The number of aryl methyl sites for hydroxylation is 1. The van der Waals surface area contributed by atoms with Crippen molar-refractivity contribution >= 4 is 0 Å². The summed E-state index contributed by atoms with van der Waals surface area (Å²) in [6.45, 7) is 1.54. The first-order valence-electron chi connectivity index (χ1n) is 4.62. The average Bonchev–Trinajstić information content (AvgIpc) is 2.17. The van der Waals surface area contributed by atoms with Gasteiger partial charge in [0.05, 0.1) is 12.5 Å². The average molecular weight is 236 g/mol. The van der Waals surface area contributed by atoms with Gasteiger partial charge in [-0.15, -0.1) is 0 Å². The van der Waals surface area contributed by atoms with Crippen molar-refractivity contribution in [1.82, 2.24) is 5.43 Å². The Morgan fingerprint density at radius 2 is 2.00 bits per heavy atom. The molecule has 0 aliphatic rings. The number of alkyl halides is 3. The fourth-order valence-corrected chi connectivity index (χ4v) is 1.33. The summed E-state index contributed by atoms with van der Waals surface area (Å²) in [6, 6.07) is 2.78. The summed E-state index contributed by atoms with van der Waals surface area (Å²) in [5.41, 5.74) is 2.60. The van der Waals surface area contributed by atoms with E-state index in [1.54, 1.807) is 0 Å². The Labute approximate surface area is 90.4 Å². The lowest BCUT2D eigenvalue weighted by Crippen LogP contribution is -2.31. The second-order valence-corrected chi connectivity index (χ2v) is 3.55. The monoisotopic (exact) mass is 236 g/mol. The molecule has 0 bridgehead atoms. The van der Waals surface area contributed by atoms with Gasteiger partial charge in [0.15, 0.2) is 0 Å². The number of benzene rings is 1. The fourth-order valence-electron chi connectivity index (χ4n) is 1.33. The Hall–Kier alpha value is -1.14. The van der Waals surface area contributed by atoms with Crippen LogP contribution in [0.2, 0.25) is 0 Å². The predicted molar refractivity (Wildman–Crippen MR) is 51.9 cm³/mol. The third-order valence-corrected chi connectivity index (χ3v) is 2.24. The third kappa shape index (κ3) is 3.46. The molecule has 0 aliphatic carbocycles. The van der Waals surface area contributed by atoms with Crippen LogP contribution in [0.3, 0.4) is 0 Å².